The van der Waals surface area contributed by atoms with Crippen LogP contribution in [-0.2, 0) is 11.4 Å². The van der Waals surface area contributed by atoms with E-state index in [4.69, 9.17) is 9.94 Å². The number of aromatic nitrogens is 3. The van der Waals surface area contributed by atoms with Gasteiger partial charge in [-0.2, -0.15) is 0 Å². The molecular weight excluding hydrogens is 200 g/mol. The first-order chi connectivity index (χ1) is 7.09. The van der Waals surface area contributed by atoms with Crippen molar-refractivity contribution in [1.82, 2.24) is 15.0 Å². The third-order valence-corrected chi connectivity index (χ3v) is 1.42. The monoisotopic (exact) mass is 212 g/mol. The summed E-state index contributed by atoms with van der Waals surface area (Å²) in [5, 5.41) is 19.4. The number of oxime groups is 1. The van der Waals surface area contributed by atoms with Crippen LogP contribution in [0.15, 0.2) is 11.4 Å². The van der Waals surface area contributed by atoms with Gasteiger partial charge in [-0.25, -0.2) is 9.48 Å². The van der Waals surface area contributed by atoms with E-state index >= 15 is 0 Å². The third kappa shape index (κ3) is 3.75. The van der Waals surface area contributed by atoms with Gasteiger partial charge in [-0.1, -0.05) is 10.4 Å². The highest BCUT2D eigenvalue weighted by Crippen LogP contribution is 1.93. The van der Waals surface area contributed by atoms with Crippen LogP contribution in [0.3, 0.4) is 0 Å². The third-order valence-electron chi connectivity index (χ3n) is 1.42. The van der Waals surface area contributed by atoms with Crippen molar-refractivity contribution in [3.05, 3.63) is 11.9 Å². The summed E-state index contributed by atoms with van der Waals surface area (Å²) in [4.78, 5) is 15.4. The first kappa shape index (κ1) is 11.2. The Balaban J connectivity index is 2.38. The van der Waals surface area contributed by atoms with Crippen LogP contribution >= 0.6 is 0 Å². The molecule has 0 amide bonds. The molecule has 15 heavy (non-hydrogen) atoms. The van der Waals surface area contributed by atoms with Gasteiger partial charge in [0, 0.05) is 0 Å². The molecule has 0 saturated heterocycles. The lowest BCUT2D eigenvalue weighted by atomic mass is 10.5. The van der Waals surface area contributed by atoms with Crippen molar-refractivity contribution in [3.63, 3.8) is 0 Å². The van der Waals surface area contributed by atoms with Crippen LogP contribution in [0, 0.1) is 0 Å². The number of carboxylic acid groups (broad SMARTS) is 1. The summed E-state index contributed by atoms with van der Waals surface area (Å²) in [6.45, 7) is 4.38. The van der Waals surface area contributed by atoms with Crippen molar-refractivity contribution in [2.24, 2.45) is 5.16 Å². The summed E-state index contributed by atoms with van der Waals surface area (Å²) in [6.07, 6.45) is 1.34. The largest absolute Gasteiger partial charge is 0.476 e. The number of aromatic carboxylic acids is 1. The van der Waals surface area contributed by atoms with E-state index in [1.54, 1.807) is 0 Å². The van der Waals surface area contributed by atoms with Crippen LogP contribution in [0.25, 0.3) is 0 Å². The molecule has 0 atom stereocenters. The lowest BCUT2D eigenvalue weighted by Crippen LogP contribution is -2.05. The molecule has 1 aromatic heterocycles. The van der Waals surface area contributed by atoms with E-state index in [1.165, 1.54) is 10.9 Å². The first-order valence-electron chi connectivity index (χ1n) is 4.36. The summed E-state index contributed by atoms with van der Waals surface area (Å²) in [7, 11) is 0. The Morgan fingerprint density at radius 3 is 2.93 bits per heavy atom. The van der Waals surface area contributed by atoms with Gasteiger partial charge in [0.25, 0.3) is 0 Å². The molecule has 0 radical (unpaired) electrons. The molecule has 0 fully saturated rings. The number of nitrogens with zero attached hydrogens (tertiary/aromatic N) is 4. The zero-order valence-corrected chi connectivity index (χ0v) is 8.54. The predicted molar refractivity (Wildman–Crippen MR) is 51.7 cm³/mol. The molecule has 0 aliphatic heterocycles. The maximum atomic E-state index is 10.5. The van der Waals surface area contributed by atoms with Crippen LogP contribution in [-0.4, -0.2) is 38.4 Å². The zero-order chi connectivity index (χ0) is 11.3. The van der Waals surface area contributed by atoms with E-state index in [1.807, 2.05) is 13.8 Å². The summed E-state index contributed by atoms with van der Waals surface area (Å²) in [5.41, 5.74) is 0.741. The SMILES string of the molecule is CC(C)=NOCCn1cc(C(=O)O)nn1. The lowest BCUT2D eigenvalue weighted by molar-refractivity contribution is 0.0690. The molecule has 1 N–H and O–H groups in total. The van der Waals surface area contributed by atoms with Gasteiger partial charge in [0.15, 0.2) is 5.69 Å². The maximum Gasteiger partial charge on any atom is 0.358 e. The fraction of sp³-hybridized carbons (Fsp3) is 0.500. The van der Waals surface area contributed by atoms with Gasteiger partial charge < -0.3 is 9.94 Å². The second kappa shape index (κ2) is 5.08. The van der Waals surface area contributed by atoms with Gasteiger partial charge in [0.1, 0.15) is 6.61 Å². The number of rotatable bonds is 5. The van der Waals surface area contributed by atoms with Crippen molar-refractivity contribution in [2.45, 2.75) is 20.4 Å². The Labute approximate surface area is 86.3 Å². The van der Waals surface area contributed by atoms with E-state index in [0.29, 0.717) is 13.2 Å². The molecule has 0 aliphatic carbocycles. The number of hydrogen-bond donors (Lipinski definition) is 1. The quantitative estimate of drug-likeness (QED) is 0.433. The average Bonchev–Trinajstić information content (AvgIpc) is 2.60. The molecule has 1 aromatic rings. The Hall–Kier alpha value is -1.92. The van der Waals surface area contributed by atoms with Gasteiger partial charge in [-0.15, -0.1) is 5.10 Å². The van der Waals surface area contributed by atoms with Gasteiger partial charge >= 0.3 is 5.97 Å². The minimum atomic E-state index is -1.09. The van der Waals surface area contributed by atoms with Crippen LogP contribution in [0.4, 0.5) is 0 Å². The molecule has 0 aliphatic rings. The standard InChI is InChI=1S/C8H12N4O3/c1-6(2)10-15-4-3-12-5-7(8(13)14)9-11-12/h5H,3-4H2,1-2H3,(H,13,14). The zero-order valence-electron chi connectivity index (χ0n) is 8.54. The molecule has 0 aromatic carbocycles. The Kier molecular flexibility index (Phi) is 3.78. The van der Waals surface area contributed by atoms with E-state index in [-0.39, 0.29) is 5.69 Å². The van der Waals surface area contributed by atoms with Gasteiger partial charge in [0.05, 0.1) is 18.5 Å². The van der Waals surface area contributed by atoms with Crippen molar-refractivity contribution >= 4 is 11.7 Å². The molecule has 7 heteroatoms. The minimum absolute atomic E-state index is 0.0785. The minimum Gasteiger partial charge on any atom is -0.476 e. The van der Waals surface area contributed by atoms with E-state index in [9.17, 15) is 4.79 Å². The second-order valence-electron chi connectivity index (χ2n) is 3.04. The van der Waals surface area contributed by atoms with E-state index in [2.05, 4.69) is 15.5 Å². The molecule has 1 heterocycles. The number of carbonyl (C=O) groups is 1. The van der Waals surface area contributed by atoms with Gasteiger partial charge in [-0.05, 0) is 13.8 Å². The predicted octanol–water partition coefficient (Wildman–Crippen LogP) is 0.389. The Morgan fingerprint density at radius 1 is 1.67 bits per heavy atom. The summed E-state index contributed by atoms with van der Waals surface area (Å²) < 4.78 is 1.39. The number of carboxylic acids is 1. The van der Waals surface area contributed by atoms with Crippen LogP contribution < -0.4 is 0 Å². The fourth-order valence-electron chi connectivity index (χ4n) is 0.815. The summed E-state index contributed by atoms with van der Waals surface area (Å²) in [6, 6.07) is 0. The highest BCUT2D eigenvalue weighted by Gasteiger charge is 2.07. The number of hydrogen-bond acceptors (Lipinski definition) is 5. The fourth-order valence-corrected chi connectivity index (χ4v) is 0.815. The molecular formula is C8H12N4O3. The average molecular weight is 212 g/mol. The van der Waals surface area contributed by atoms with Crippen molar-refractivity contribution in [3.8, 4) is 0 Å². The maximum absolute atomic E-state index is 10.5. The molecule has 7 nitrogen and oxygen atoms in total. The lowest BCUT2D eigenvalue weighted by Gasteiger charge is -1.98. The van der Waals surface area contributed by atoms with Crippen LogP contribution in [0.2, 0.25) is 0 Å². The molecule has 0 saturated carbocycles. The van der Waals surface area contributed by atoms with Crippen LogP contribution in [0.1, 0.15) is 24.3 Å². The Bertz CT molecular complexity index is 368. The topological polar surface area (TPSA) is 89.6 Å². The molecule has 0 spiro atoms. The van der Waals surface area contributed by atoms with Crippen molar-refractivity contribution in [2.75, 3.05) is 6.61 Å². The van der Waals surface area contributed by atoms with E-state index in [0.717, 1.165) is 5.71 Å². The van der Waals surface area contributed by atoms with Crippen molar-refractivity contribution in [1.29, 1.82) is 0 Å². The first-order valence-corrected chi connectivity index (χ1v) is 4.36. The van der Waals surface area contributed by atoms with Crippen molar-refractivity contribution < 1.29 is 14.7 Å². The summed E-state index contributed by atoms with van der Waals surface area (Å²) in [5.74, 6) is -1.09. The smallest absolute Gasteiger partial charge is 0.358 e. The Morgan fingerprint density at radius 2 is 2.40 bits per heavy atom. The molecule has 0 unspecified atom stereocenters. The highest BCUT2D eigenvalue weighted by molar-refractivity contribution is 5.84. The highest BCUT2D eigenvalue weighted by atomic mass is 16.6. The second-order valence-corrected chi connectivity index (χ2v) is 3.04. The molecule has 0 bridgehead atoms. The molecule has 1 rings (SSSR count). The van der Waals surface area contributed by atoms with Crippen LogP contribution in [0.5, 0.6) is 0 Å². The van der Waals surface area contributed by atoms with Gasteiger partial charge in [-0.3, -0.25) is 0 Å². The molecule has 82 valence electrons. The van der Waals surface area contributed by atoms with Gasteiger partial charge in [0.2, 0.25) is 0 Å². The normalized spacial score (nSPS) is 9.73. The van der Waals surface area contributed by atoms with E-state index < -0.39 is 5.97 Å². The summed E-state index contributed by atoms with van der Waals surface area (Å²) >= 11 is 0.